The quantitative estimate of drug-likeness (QED) is 0.224. The van der Waals surface area contributed by atoms with E-state index in [0.29, 0.717) is 19.3 Å². The van der Waals surface area contributed by atoms with Gasteiger partial charge < -0.3 is 19.8 Å². The van der Waals surface area contributed by atoms with Crippen LogP contribution in [0.5, 0.6) is 0 Å². The first-order valence-electron chi connectivity index (χ1n) is 12.5. The molecule has 10 nitrogen and oxygen atoms in total. The third-order valence-corrected chi connectivity index (χ3v) is 9.60. The summed E-state index contributed by atoms with van der Waals surface area (Å²) in [5.41, 5.74) is -1.69. The van der Waals surface area contributed by atoms with Gasteiger partial charge in [0, 0.05) is 18.3 Å². The fraction of sp³-hybridized carbons (Fsp3) is 0.800. The number of Topliss-reactive ketones (excluding diaryl/α,β-unsaturated/α-hetero) is 1. The number of hydrogen-bond acceptors (Lipinski definition) is 9. The molecule has 0 spiro atoms. The molecule has 194 valence electrons. The van der Waals surface area contributed by atoms with E-state index in [1.807, 2.05) is 6.92 Å². The van der Waals surface area contributed by atoms with Crippen LogP contribution in [0.15, 0.2) is 11.6 Å². The molecule has 4 rings (SSSR count). The van der Waals surface area contributed by atoms with Crippen molar-refractivity contribution in [2.45, 2.75) is 83.3 Å². The van der Waals surface area contributed by atoms with Gasteiger partial charge in [-0.1, -0.05) is 19.4 Å². The average molecular weight is 494 g/mol. The largest absolute Gasteiger partial charge is 0.458 e. The first kappa shape index (κ1) is 25.8. The lowest BCUT2D eigenvalue weighted by Crippen LogP contribution is -2.62. The number of ether oxygens (including phenoxy) is 1. The number of carbonyl (C=O) groups excluding carboxylic acids is 3. The smallest absolute Gasteiger partial charge is 0.306 e. The molecule has 0 amide bonds. The molecule has 0 aliphatic heterocycles. The zero-order valence-electron chi connectivity index (χ0n) is 20.4. The number of allylic oxidation sites excluding steroid dienone is 1. The van der Waals surface area contributed by atoms with E-state index in [-0.39, 0.29) is 61.2 Å². The number of hydrogen-bond donors (Lipinski definition) is 2. The van der Waals surface area contributed by atoms with Gasteiger partial charge in [0.25, 0.3) is 5.09 Å². The molecule has 4 aliphatic carbocycles. The summed E-state index contributed by atoms with van der Waals surface area (Å²) in [4.78, 5) is 51.5. The maximum Gasteiger partial charge on any atom is 0.306 e. The Kier molecular flexibility index (Phi) is 6.83. The summed E-state index contributed by atoms with van der Waals surface area (Å²) in [5, 5.41) is 32.3. The van der Waals surface area contributed by atoms with Crippen LogP contribution in [0.1, 0.15) is 71.6 Å². The lowest BCUT2D eigenvalue weighted by Gasteiger charge is -2.60. The zero-order chi connectivity index (χ0) is 25.6. The molecule has 10 heteroatoms. The van der Waals surface area contributed by atoms with Crippen LogP contribution in [0.25, 0.3) is 0 Å². The van der Waals surface area contributed by atoms with Gasteiger partial charge in [0.2, 0.25) is 5.78 Å². The van der Waals surface area contributed by atoms with Crippen LogP contribution in [0.2, 0.25) is 0 Å². The second-order valence-corrected chi connectivity index (χ2v) is 11.2. The SMILES string of the molecule is CC12CCC(=O)C=C1CCC1C2C(O)CC2(C)C1CCC2(O)C(=O)COC(=O)CCCO[N+](=O)[O-]. The minimum Gasteiger partial charge on any atom is -0.458 e. The monoisotopic (exact) mass is 493 g/mol. The molecule has 7 unspecified atom stereocenters. The van der Waals surface area contributed by atoms with Gasteiger partial charge in [0.15, 0.2) is 12.4 Å². The number of ketones is 2. The lowest BCUT2D eigenvalue weighted by atomic mass is 9.45. The van der Waals surface area contributed by atoms with Crippen LogP contribution in [0, 0.1) is 38.7 Å². The standard InChI is InChI=1S/C25H35NO9/c1-23-9-7-16(27)12-15(23)5-6-17-18-8-10-25(31,24(18,2)13-19(28)22(17)23)20(29)14-34-21(30)4-3-11-35-26(32)33/h12,17-19,22,28,31H,3-11,13-14H2,1-2H3. The molecule has 0 bridgehead atoms. The molecular weight excluding hydrogens is 458 g/mol. The van der Waals surface area contributed by atoms with E-state index >= 15 is 0 Å². The number of esters is 1. The first-order chi connectivity index (χ1) is 16.4. The van der Waals surface area contributed by atoms with E-state index in [9.17, 15) is 34.7 Å². The Morgan fingerprint density at radius 3 is 2.69 bits per heavy atom. The molecule has 3 saturated carbocycles. The van der Waals surface area contributed by atoms with Gasteiger partial charge in [-0.3, -0.25) is 14.4 Å². The number of aliphatic hydroxyl groups is 2. The predicted octanol–water partition coefficient (Wildman–Crippen LogP) is 2.32. The van der Waals surface area contributed by atoms with Crippen molar-refractivity contribution in [1.82, 2.24) is 0 Å². The van der Waals surface area contributed by atoms with Gasteiger partial charge in [-0.15, -0.1) is 10.1 Å². The van der Waals surface area contributed by atoms with E-state index in [1.165, 1.54) is 0 Å². The normalized spacial score (nSPS) is 40.1. The fourth-order valence-electron chi connectivity index (χ4n) is 7.84. The molecule has 3 fully saturated rings. The van der Waals surface area contributed by atoms with Gasteiger partial charge in [0.05, 0.1) is 12.7 Å². The second kappa shape index (κ2) is 9.28. The van der Waals surface area contributed by atoms with Crippen LogP contribution in [-0.4, -0.2) is 57.8 Å². The number of nitrogens with zero attached hydrogens (tertiary/aromatic N) is 1. The maximum atomic E-state index is 13.2. The van der Waals surface area contributed by atoms with Crippen LogP contribution in [0.3, 0.4) is 0 Å². The maximum absolute atomic E-state index is 13.2. The van der Waals surface area contributed by atoms with Gasteiger partial charge >= 0.3 is 5.97 Å². The highest BCUT2D eigenvalue weighted by molar-refractivity contribution is 5.92. The minimum absolute atomic E-state index is 0.0228. The van der Waals surface area contributed by atoms with Crippen LogP contribution in [-0.2, 0) is 24.0 Å². The molecule has 0 aromatic carbocycles. The fourth-order valence-corrected chi connectivity index (χ4v) is 7.84. The van der Waals surface area contributed by atoms with Crippen LogP contribution < -0.4 is 0 Å². The lowest BCUT2D eigenvalue weighted by molar-refractivity contribution is -0.757. The second-order valence-electron chi connectivity index (χ2n) is 11.2. The molecule has 2 N–H and O–H groups in total. The molecule has 35 heavy (non-hydrogen) atoms. The summed E-state index contributed by atoms with van der Waals surface area (Å²) in [7, 11) is 0. The van der Waals surface area contributed by atoms with Crippen LogP contribution >= 0.6 is 0 Å². The van der Waals surface area contributed by atoms with Crippen molar-refractivity contribution in [2.75, 3.05) is 13.2 Å². The summed E-state index contributed by atoms with van der Waals surface area (Å²) in [6.07, 6.45) is 4.93. The molecule has 0 radical (unpaired) electrons. The van der Waals surface area contributed by atoms with E-state index < -0.39 is 40.6 Å². The summed E-state index contributed by atoms with van der Waals surface area (Å²) < 4.78 is 5.07. The first-order valence-corrected chi connectivity index (χ1v) is 12.5. The van der Waals surface area contributed by atoms with Crippen molar-refractivity contribution in [1.29, 1.82) is 0 Å². The highest BCUT2D eigenvalue weighted by Gasteiger charge is 2.68. The van der Waals surface area contributed by atoms with E-state index in [0.717, 1.165) is 18.4 Å². The molecule has 0 saturated heterocycles. The molecule has 0 aromatic rings. The van der Waals surface area contributed by atoms with Crippen LogP contribution in [0.4, 0.5) is 0 Å². The average Bonchev–Trinajstić information content (AvgIpc) is 3.06. The topological polar surface area (TPSA) is 153 Å². The molecule has 0 aromatic heterocycles. The Morgan fingerprint density at radius 2 is 1.97 bits per heavy atom. The Bertz CT molecular complexity index is 947. The summed E-state index contributed by atoms with van der Waals surface area (Å²) in [5.74, 6) is -0.976. The summed E-state index contributed by atoms with van der Waals surface area (Å²) in [6, 6.07) is 0. The van der Waals surface area contributed by atoms with Gasteiger partial charge in [0.1, 0.15) is 5.60 Å². The van der Waals surface area contributed by atoms with Crippen molar-refractivity contribution in [3.63, 3.8) is 0 Å². The van der Waals surface area contributed by atoms with Gasteiger partial charge in [-0.2, -0.15) is 0 Å². The van der Waals surface area contributed by atoms with Crippen molar-refractivity contribution in [2.24, 2.45) is 28.6 Å². The van der Waals surface area contributed by atoms with Crippen molar-refractivity contribution in [3.8, 4) is 0 Å². The zero-order valence-corrected chi connectivity index (χ0v) is 20.4. The van der Waals surface area contributed by atoms with Crippen molar-refractivity contribution in [3.05, 3.63) is 21.8 Å². The van der Waals surface area contributed by atoms with E-state index in [4.69, 9.17) is 4.74 Å². The highest BCUT2D eigenvalue weighted by atomic mass is 16.9. The Hall–Kier alpha value is -2.33. The minimum atomic E-state index is -1.71. The third-order valence-electron chi connectivity index (χ3n) is 9.60. The summed E-state index contributed by atoms with van der Waals surface area (Å²) in [6.45, 7) is 3.20. The van der Waals surface area contributed by atoms with Gasteiger partial charge in [-0.05, 0) is 74.2 Å². The van der Waals surface area contributed by atoms with E-state index in [2.05, 4.69) is 11.8 Å². The van der Waals surface area contributed by atoms with Gasteiger partial charge in [-0.25, -0.2) is 0 Å². The third kappa shape index (κ3) is 4.28. The van der Waals surface area contributed by atoms with E-state index in [1.54, 1.807) is 6.08 Å². The molecular formula is C25H35NO9. The number of fused-ring (bicyclic) bond motifs is 5. The Balaban J connectivity index is 1.44. The number of carbonyl (C=O) groups is 3. The van der Waals surface area contributed by atoms with Crippen molar-refractivity contribution < 1.29 is 39.3 Å². The number of rotatable bonds is 8. The molecule has 0 heterocycles. The number of aliphatic hydroxyl groups excluding tert-OH is 1. The molecule has 4 aliphatic rings. The highest BCUT2D eigenvalue weighted by Crippen LogP contribution is 2.67. The Morgan fingerprint density at radius 1 is 1.23 bits per heavy atom. The predicted molar refractivity (Wildman–Crippen MR) is 121 cm³/mol. The Labute approximate surface area is 204 Å². The molecule has 7 atom stereocenters. The summed E-state index contributed by atoms with van der Waals surface area (Å²) >= 11 is 0. The van der Waals surface area contributed by atoms with Crippen molar-refractivity contribution >= 4 is 17.5 Å².